The molecule has 0 saturated carbocycles. The standard InChI is InChI=1S/C54H105N2O6P/c1-6-8-10-12-14-16-18-20-22-24-25-26-27-28-29-30-31-32-34-36-38-40-42-44-46-48-54(58)55-52(51-62-63(59,60)61-50-49-56(3,4)5)53(57)47-45-43-41-39-37-35-33-23-21-19-17-15-13-11-9-7-2/h18,20,24-25,27-28,52-53,57H,6-17,19,21-23,26,29-51H2,1-5H3,(H-,55,58,59,60)/p+1/b20-18-,25-24-,28-27-. The van der Waals surface area contributed by atoms with Gasteiger partial charge in [-0.1, -0.05) is 230 Å². The van der Waals surface area contributed by atoms with Crippen molar-refractivity contribution in [2.75, 3.05) is 40.9 Å². The van der Waals surface area contributed by atoms with Crippen LogP contribution in [0.15, 0.2) is 36.5 Å². The van der Waals surface area contributed by atoms with Gasteiger partial charge in [-0.15, -0.1) is 0 Å². The molecule has 63 heavy (non-hydrogen) atoms. The van der Waals surface area contributed by atoms with Crippen molar-refractivity contribution >= 4 is 13.7 Å². The van der Waals surface area contributed by atoms with Crippen LogP contribution in [0.1, 0.15) is 251 Å². The van der Waals surface area contributed by atoms with Gasteiger partial charge in [-0.25, -0.2) is 4.57 Å². The molecule has 0 radical (unpaired) electrons. The Morgan fingerprint density at radius 2 is 0.905 bits per heavy atom. The Morgan fingerprint density at radius 1 is 0.540 bits per heavy atom. The van der Waals surface area contributed by atoms with E-state index in [1.807, 2.05) is 21.1 Å². The van der Waals surface area contributed by atoms with Crippen LogP contribution >= 0.6 is 7.82 Å². The Labute approximate surface area is 391 Å². The van der Waals surface area contributed by atoms with Gasteiger partial charge in [-0.05, 0) is 51.4 Å². The lowest BCUT2D eigenvalue weighted by Gasteiger charge is -2.26. The lowest BCUT2D eigenvalue weighted by molar-refractivity contribution is -0.870. The van der Waals surface area contributed by atoms with Crippen molar-refractivity contribution in [1.29, 1.82) is 0 Å². The van der Waals surface area contributed by atoms with Crippen molar-refractivity contribution in [3.05, 3.63) is 36.5 Å². The molecule has 0 aromatic carbocycles. The summed E-state index contributed by atoms with van der Waals surface area (Å²) in [6.07, 6.45) is 57.5. The topological polar surface area (TPSA) is 105 Å². The number of aliphatic hydroxyl groups excluding tert-OH is 1. The number of nitrogens with zero attached hydrogens (tertiary/aromatic N) is 1. The summed E-state index contributed by atoms with van der Waals surface area (Å²) in [7, 11) is 1.62. The zero-order valence-corrected chi connectivity index (χ0v) is 43.2. The number of aliphatic hydroxyl groups is 1. The van der Waals surface area contributed by atoms with Crippen LogP contribution < -0.4 is 5.32 Å². The van der Waals surface area contributed by atoms with Gasteiger partial charge in [0.05, 0.1) is 39.9 Å². The number of carbonyl (C=O) groups excluding carboxylic acids is 1. The molecule has 0 aliphatic carbocycles. The van der Waals surface area contributed by atoms with Gasteiger partial charge in [0, 0.05) is 6.42 Å². The van der Waals surface area contributed by atoms with Gasteiger partial charge in [0.25, 0.3) is 0 Å². The van der Waals surface area contributed by atoms with E-state index in [2.05, 4.69) is 55.6 Å². The maximum absolute atomic E-state index is 13.0. The van der Waals surface area contributed by atoms with Crippen molar-refractivity contribution in [3.8, 4) is 0 Å². The molecule has 0 heterocycles. The number of phosphoric acid groups is 1. The largest absolute Gasteiger partial charge is 0.472 e. The minimum Gasteiger partial charge on any atom is -0.391 e. The van der Waals surface area contributed by atoms with Crippen molar-refractivity contribution in [2.24, 2.45) is 0 Å². The average Bonchev–Trinajstić information content (AvgIpc) is 3.24. The SMILES string of the molecule is CCCCCCC/C=C\C/C=C\C/C=C\CCCCCCCCCCCCC(=O)NC(COP(=O)(O)OCC[N+](C)(C)C)C(O)CCCCCCCCCCCCCCCCCC. The van der Waals surface area contributed by atoms with Crippen molar-refractivity contribution < 1.29 is 32.9 Å². The number of carbonyl (C=O) groups is 1. The van der Waals surface area contributed by atoms with E-state index in [9.17, 15) is 19.4 Å². The van der Waals surface area contributed by atoms with Crippen LogP contribution in [0.25, 0.3) is 0 Å². The third-order valence-electron chi connectivity index (χ3n) is 12.1. The first-order valence-electron chi connectivity index (χ1n) is 26.9. The summed E-state index contributed by atoms with van der Waals surface area (Å²) >= 11 is 0. The Balaban J connectivity index is 4.21. The number of allylic oxidation sites excluding steroid dienone is 6. The van der Waals surface area contributed by atoms with E-state index in [0.717, 1.165) is 51.4 Å². The highest BCUT2D eigenvalue weighted by Crippen LogP contribution is 2.43. The second-order valence-corrected chi connectivity index (χ2v) is 21.1. The molecular weight excluding hydrogens is 804 g/mol. The number of amides is 1. The monoisotopic (exact) mass is 910 g/mol. The van der Waals surface area contributed by atoms with Crippen molar-refractivity contribution in [3.63, 3.8) is 0 Å². The molecule has 9 heteroatoms. The molecular formula is C54H106N2O6P+. The van der Waals surface area contributed by atoms with Crippen molar-refractivity contribution in [2.45, 2.75) is 264 Å². The van der Waals surface area contributed by atoms with Gasteiger partial charge in [0.1, 0.15) is 13.2 Å². The highest BCUT2D eigenvalue weighted by atomic mass is 31.2. The van der Waals surface area contributed by atoms with E-state index < -0.39 is 20.0 Å². The van der Waals surface area contributed by atoms with E-state index in [0.29, 0.717) is 23.9 Å². The Hall–Kier alpha value is -1.28. The molecule has 3 atom stereocenters. The average molecular weight is 910 g/mol. The number of nitrogens with one attached hydrogen (secondary N) is 1. The van der Waals surface area contributed by atoms with Gasteiger partial charge in [0.15, 0.2) is 0 Å². The van der Waals surface area contributed by atoms with Gasteiger partial charge >= 0.3 is 7.82 Å². The molecule has 0 saturated heterocycles. The lowest BCUT2D eigenvalue weighted by atomic mass is 10.0. The molecule has 0 aliphatic heterocycles. The molecule has 372 valence electrons. The molecule has 1 amide bonds. The molecule has 3 unspecified atom stereocenters. The molecule has 3 N–H and O–H groups in total. The Kier molecular flexibility index (Phi) is 44.9. The number of quaternary nitrogens is 1. The molecule has 0 rings (SSSR count). The molecule has 0 aliphatic rings. The first-order valence-corrected chi connectivity index (χ1v) is 28.3. The third-order valence-corrected chi connectivity index (χ3v) is 13.1. The van der Waals surface area contributed by atoms with Crippen LogP contribution in [0, 0.1) is 0 Å². The summed E-state index contributed by atoms with van der Waals surface area (Å²) in [6, 6.07) is -0.762. The fraction of sp³-hybridized carbons (Fsp3) is 0.870. The van der Waals surface area contributed by atoms with Crippen LogP contribution in [0.3, 0.4) is 0 Å². The first-order chi connectivity index (χ1) is 30.5. The zero-order valence-electron chi connectivity index (χ0n) is 42.3. The maximum atomic E-state index is 13.0. The lowest BCUT2D eigenvalue weighted by Crippen LogP contribution is -2.46. The van der Waals surface area contributed by atoms with E-state index in [1.54, 1.807) is 0 Å². The van der Waals surface area contributed by atoms with E-state index in [-0.39, 0.29) is 19.1 Å². The normalized spacial score (nSPS) is 14.3. The number of unbranched alkanes of at least 4 members (excludes halogenated alkanes) is 30. The second kappa shape index (κ2) is 45.9. The Bertz CT molecular complexity index is 1120. The molecule has 0 fully saturated rings. The molecule has 8 nitrogen and oxygen atoms in total. The number of hydrogen-bond donors (Lipinski definition) is 3. The predicted molar refractivity (Wildman–Crippen MR) is 272 cm³/mol. The summed E-state index contributed by atoms with van der Waals surface area (Å²) in [4.78, 5) is 23.3. The van der Waals surface area contributed by atoms with Crippen LogP contribution in [0.4, 0.5) is 0 Å². The summed E-state index contributed by atoms with van der Waals surface area (Å²) < 4.78 is 23.7. The highest BCUT2D eigenvalue weighted by Gasteiger charge is 2.28. The minimum atomic E-state index is -4.32. The molecule has 0 aromatic heterocycles. The number of likely N-dealkylation sites (N-methyl/N-ethyl adjacent to an activating group) is 1. The van der Waals surface area contributed by atoms with Gasteiger partial charge in [-0.3, -0.25) is 13.8 Å². The van der Waals surface area contributed by atoms with Crippen LogP contribution in [-0.2, 0) is 18.4 Å². The van der Waals surface area contributed by atoms with Crippen molar-refractivity contribution in [1.82, 2.24) is 5.32 Å². The van der Waals surface area contributed by atoms with Gasteiger partial charge < -0.3 is 19.8 Å². The predicted octanol–water partition coefficient (Wildman–Crippen LogP) is 15.8. The van der Waals surface area contributed by atoms with Gasteiger partial charge in [-0.2, -0.15) is 0 Å². The van der Waals surface area contributed by atoms with E-state index in [1.165, 1.54) is 173 Å². The number of hydrogen-bond acceptors (Lipinski definition) is 5. The molecule has 0 spiro atoms. The van der Waals surface area contributed by atoms with E-state index >= 15 is 0 Å². The Morgan fingerprint density at radius 3 is 1.32 bits per heavy atom. The van der Waals surface area contributed by atoms with Crippen LogP contribution in [-0.4, -0.2) is 73.4 Å². The summed E-state index contributed by atoms with van der Waals surface area (Å²) in [5.41, 5.74) is 0. The maximum Gasteiger partial charge on any atom is 0.472 e. The van der Waals surface area contributed by atoms with E-state index in [4.69, 9.17) is 9.05 Å². The fourth-order valence-electron chi connectivity index (χ4n) is 7.88. The summed E-state index contributed by atoms with van der Waals surface area (Å²) in [5.74, 6) is -0.147. The number of rotatable bonds is 49. The smallest absolute Gasteiger partial charge is 0.391 e. The third kappa shape index (κ3) is 48.5. The summed E-state index contributed by atoms with van der Waals surface area (Å²) in [6.45, 7) is 4.89. The fourth-order valence-corrected chi connectivity index (χ4v) is 8.61. The number of phosphoric ester groups is 1. The minimum absolute atomic E-state index is 0.0738. The summed E-state index contributed by atoms with van der Waals surface area (Å²) in [5, 5.41) is 14.0. The van der Waals surface area contributed by atoms with Crippen LogP contribution in [0.2, 0.25) is 0 Å². The van der Waals surface area contributed by atoms with Crippen LogP contribution in [0.5, 0.6) is 0 Å². The first kappa shape index (κ1) is 61.7. The highest BCUT2D eigenvalue weighted by molar-refractivity contribution is 7.47. The molecule has 0 aromatic rings. The second-order valence-electron chi connectivity index (χ2n) is 19.6. The van der Waals surface area contributed by atoms with Gasteiger partial charge in [0.2, 0.25) is 5.91 Å². The quantitative estimate of drug-likeness (QED) is 0.0243. The zero-order chi connectivity index (χ0) is 46.4. The molecule has 0 bridgehead atoms.